The number of fused-ring (bicyclic) bond motifs is 1. The number of nitrogens with zero attached hydrogens (tertiary/aromatic N) is 3. The van der Waals surface area contributed by atoms with Crippen molar-refractivity contribution in [2.75, 3.05) is 26.2 Å². The van der Waals surface area contributed by atoms with Gasteiger partial charge in [-0.25, -0.2) is 4.98 Å². The number of aromatic nitrogens is 1. The SMILES string of the molecule is Cc1nc(CN2CCN(C(=O)C3C4CCCCC43)CC2)cs1. The summed E-state index contributed by atoms with van der Waals surface area (Å²) in [5.41, 5.74) is 1.18. The number of thiazole rings is 1. The molecule has 1 saturated heterocycles. The lowest BCUT2D eigenvalue weighted by molar-refractivity contribution is -0.135. The molecule has 2 heterocycles. The lowest BCUT2D eigenvalue weighted by Crippen LogP contribution is -2.49. The van der Waals surface area contributed by atoms with E-state index < -0.39 is 0 Å². The standard InChI is InChI=1S/C17H25N3OS/c1-12-18-13(11-22-12)10-19-6-8-20(9-7-19)17(21)16-14-4-2-3-5-15(14)16/h11,14-16H,2-10H2,1H3. The lowest BCUT2D eigenvalue weighted by atomic mass is 10.0. The molecule has 4 rings (SSSR count). The molecular formula is C17H25N3OS. The Morgan fingerprint density at radius 3 is 2.50 bits per heavy atom. The molecule has 0 N–H and O–H groups in total. The van der Waals surface area contributed by atoms with E-state index in [0.29, 0.717) is 11.8 Å². The van der Waals surface area contributed by atoms with Crippen molar-refractivity contribution in [3.05, 3.63) is 16.1 Å². The van der Waals surface area contributed by atoms with E-state index in [0.717, 1.165) is 49.6 Å². The van der Waals surface area contributed by atoms with Crippen molar-refractivity contribution in [3.63, 3.8) is 0 Å². The summed E-state index contributed by atoms with van der Waals surface area (Å²) < 4.78 is 0. The fourth-order valence-electron chi connectivity index (χ4n) is 4.41. The topological polar surface area (TPSA) is 36.4 Å². The molecule has 1 aliphatic heterocycles. The minimum Gasteiger partial charge on any atom is -0.340 e. The lowest BCUT2D eigenvalue weighted by Gasteiger charge is -2.34. The first kappa shape index (κ1) is 14.6. The zero-order chi connectivity index (χ0) is 15.1. The van der Waals surface area contributed by atoms with Crippen molar-refractivity contribution in [2.45, 2.75) is 39.2 Å². The molecule has 1 aromatic heterocycles. The maximum atomic E-state index is 12.7. The molecule has 4 nitrogen and oxygen atoms in total. The van der Waals surface area contributed by atoms with E-state index in [4.69, 9.17) is 0 Å². The molecule has 22 heavy (non-hydrogen) atoms. The Labute approximate surface area is 136 Å². The number of aryl methyl sites for hydroxylation is 1. The van der Waals surface area contributed by atoms with Gasteiger partial charge in [0.05, 0.1) is 10.7 Å². The highest BCUT2D eigenvalue weighted by Gasteiger charge is 2.55. The fourth-order valence-corrected chi connectivity index (χ4v) is 5.01. The summed E-state index contributed by atoms with van der Waals surface area (Å²) in [7, 11) is 0. The first-order chi connectivity index (χ1) is 10.7. The Bertz CT molecular complexity index is 538. The number of carbonyl (C=O) groups is 1. The third kappa shape index (κ3) is 2.81. The van der Waals surface area contributed by atoms with Gasteiger partial charge in [-0.05, 0) is 31.6 Å². The van der Waals surface area contributed by atoms with Crippen molar-refractivity contribution in [3.8, 4) is 0 Å². The molecule has 2 saturated carbocycles. The van der Waals surface area contributed by atoms with Gasteiger partial charge in [-0.1, -0.05) is 12.8 Å². The minimum atomic E-state index is 0.384. The smallest absolute Gasteiger partial charge is 0.226 e. The summed E-state index contributed by atoms with van der Waals surface area (Å²) in [6.45, 7) is 6.77. The molecule has 0 bridgehead atoms. The molecule has 3 fully saturated rings. The van der Waals surface area contributed by atoms with Crippen LogP contribution in [0.4, 0.5) is 0 Å². The quantitative estimate of drug-likeness (QED) is 0.859. The van der Waals surface area contributed by atoms with Crippen LogP contribution in [0, 0.1) is 24.7 Å². The zero-order valence-electron chi connectivity index (χ0n) is 13.3. The average molecular weight is 319 g/mol. The molecular weight excluding hydrogens is 294 g/mol. The summed E-state index contributed by atoms with van der Waals surface area (Å²) in [6.07, 6.45) is 5.27. The first-order valence-corrected chi connectivity index (χ1v) is 9.52. The summed E-state index contributed by atoms with van der Waals surface area (Å²) >= 11 is 1.72. The summed E-state index contributed by atoms with van der Waals surface area (Å²) in [5.74, 6) is 2.31. The van der Waals surface area contributed by atoms with Gasteiger partial charge >= 0.3 is 0 Å². The Balaban J connectivity index is 1.28. The van der Waals surface area contributed by atoms with Crippen LogP contribution in [0.1, 0.15) is 36.4 Å². The summed E-state index contributed by atoms with van der Waals surface area (Å²) in [4.78, 5) is 21.8. The van der Waals surface area contributed by atoms with Gasteiger partial charge in [0.25, 0.3) is 0 Å². The maximum Gasteiger partial charge on any atom is 0.226 e. The fraction of sp³-hybridized carbons (Fsp3) is 0.765. The molecule has 2 atom stereocenters. The van der Waals surface area contributed by atoms with Crippen LogP contribution >= 0.6 is 11.3 Å². The second-order valence-electron chi connectivity index (χ2n) is 7.10. The van der Waals surface area contributed by atoms with Gasteiger partial charge in [0.2, 0.25) is 5.91 Å². The third-order valence-corrected chi connectivity index (χ3v) is 6.50. The first-order valence-electron chi connectivity index (χ1n) is 8.64. The van der Waals surface area contributed by atoms with Crippen LogP contribution in [0.3, 0.4) is 0 Å². The Hall–Kier alpha value is -0.940. The molecule has 1 amide bonds. The molecule has 5 heteroatoms. The van der Waals surface area contributed by atoms with E-state index in [1.807, 2.05) is 0 Å². The van der Waals surface area contributed by atoms with Gasteiger partial charge < -0.3 is 4.90 Å². The average Bonchev–Trinajstić information content (AvgIpc) is 3.14. The van der Waals surface area contributed by atoms with Crippen LogP contribution < -0.4 is 0 Å². The van der Waals surface area contributed by atoms with Crippen LogP contribution in [0.5, 0.6) is 0 Å². The van der Waals surface area contributed by atoms with Crippen molar-refractivity contribution in [2.24, 2.45) is 17.8 Å². The molecule has 0 spiro atoms. The van der Waals surface area contributed by atoms with Crippen LogP contribution in [-0.2, 0) is 11.3 Å². The molecule has 0 aromatic carbocycles. The van der Waals surface area contributed by atoms with Crippen molar-refractivity contribution in [1.29, 1.82) is 0 Å². The van der Waals surface area contributed by atoms with E-state index in [9.17, 15) is 4.79 Å². The number of carbonyl (C=O) groups excluding carboxylic acids is 1. The number of piperazine rings is 1. The second kappa shape index (κ2) is 5.93. The van der Waals surface area contributed by atoms with Gasteiger partial charge in [0.15, 0.2) is 0 Å². The minimum absolute atomic E-state index is 0.384. The van der Waals surface area contributed by atoms with E-state index in [-0.39, 0.29) is 0 Å². The number of rotatable bonds is 3. The van der Waals surface area contributed by atoms with Crippen molar-refractivity contribution >= 4 is 17.2 Å². The summed E-state index contributed by atoms with van der Waals surface area (Å²) in [5, 5.41) is 3.29. The van der Waals surface area contributed by atoms with E-state index >= 15 is 0 Å². The van der Waals surface area contributed by atoms with Crippen LogP contribution in [0.25, 0.3) is 0 Å². The van der Waals surface area contributed by atoms with Gasteiger partial charge in [-0.2, -0.15) is 0 Å². The Morgan fingerprint density at radius 1 is 1.23 bits per heavy atom. The third-order valence-electron chi connectivity index (χ3n) is 5.68. The molecule has 2 aliphatic carbocycles. The number of hydrogen-bond donors (Lipinski definition) is 0. The maximum absolute atomic E-state index is 12.7. The zero-order valence-corrected chi connectivity index (χ0v) is 14.1. The van der Waals surface area contributed by atoms with Crippen LogP contribution in [0.15, 0.2) is 5.38 Å². The van der Waals surface area contributed by atoms with E-state index in [1.165, 1.54) is 31.4 Å². The van der Waals surface area contributed by atoms with Crippen molar-refractivity contribution in [1.82, 2.24) is 14.8 Å². The molecule has 2 unspecified atom stereocenters. The predicted octanol–water partition coefficient (Wildman–Crippen LogP) is 2.53. The van der Waals surface area contributed by atoms with Gasteiger partial charge in [-0.15, -0.1) is 11.3 Å². The van der Waals surface area contributed by atoms with Crippen LogP contribution in [0.2, 0.25) is 0 Å². The normalized spacial score (nSPS) is 31.9. The second-order valence-corrected chi connectivity index (χ2v) is 8.16. The Kier molecular flexibility index (Phi) is 3.95. The van der Waals surface area contributed by atoms with Crippen molar-refractivity contribution < 1.29 is 4.79 Å². The predicted molar refractivity (Wildman–Crippen MR) is 87.6 cm³/mol. The number of amides is 1. The van der Waals surface area contributed by atoms with E-state index in [2.05, 4.69) is 27.1 Å². The monoisotopic (exact) mass is 319 g/mol. The van der Waals surface area contributed by atoms with Gasteiger partial charge in [-0.3, -0.25) is 9.69 Å². The molecule has 0 radical (unpaired) electrons. The highest BCUT2D eigenvalue weighted by Crippen LogP contribution is 2.56. The summed E-state index contributed by atoms with van der Waals surface area (Å²) in [6, 6.07) is 0. The molecule has 120 valence electrons. The number of hydrogen-bond acceptors (Lipinski definition) is 4. The largest absolute Gasteiger partial charge is 0.340 e. The van der Waals surface area contributed by atoms with Crippen LogP contribution in [-0.4, -0.2) is 46.9 Å². The highest BCUT2D eigenvalue weighted by atomic mass is 32.1. The molecule has 1 aromatic rings. The van der Waals surface area contributed by atoms with E-state index in [1.54, 1.807) is 11.3 Å². The highest BCUT2D eigenvalue weighted by molar-refractivity contribution is 7.09. The molecule has 3 aliphatic rings. The van der Waals surface area contributed by atoms with Gasteiger partial charge in [0.1, 0.15) is 0 Å². The van der Waals surface area contributed by atoms with Gasteiger partial charge in [0, 0.05) is 44.0 Å². The Morgan fingerprint density at radius 2 is 1.91 bits per heavy atom.